The van der Waals surface area contributed by atoms with Crippen molar-refractivity contribution in [3.8, 4) is 5.75 Å². The molecule has 1 saturated heterocycles. The number of carbonyl (C=O) groups is 2. The third-order valence-corrected chi connectivity index (χ3v) is 8.34. The molecule has 1 fully saturated rings. The zero-order valence-corrected chi connectivity index (χ0v) is 22.7. The Morgan fingerprint density at radius 3 is 2.40 bits per heavy atom. The van der Waals surface area contributed by atoms with Gasteiger partial charge in [-0.05, 0) is 88.2 Å². The van der Waals surface area contributed by atoms with Gasteiger partial charge in [-0.2, -0.15) is 8.42 Å². The standard InChI is InChI=1S/C24H16BrCl2NO5S2/c1-14-2-7-18(8-3-14)35(31,32)33-21-9-4-15(10-19(21)25)11-22-23(29)28(24(30)34-22)13-16-5-6-17(26)12-20(16)27/h2-12H,13H2,1H3/b22-11-. The van der Waals surface area contributed by atoms with Gasteiger partial charge in [0.15, 0.2) is 5.75 Å². The van der Waals surface area contributed by atoms with Crippen LogP contribution in [0.4, 0.5) is 4.79 Å². The number of imide groups is 1. The maximum Gasteiger partial charge on any atom is 0.339 e. The van der Waals surface area contributed by atoms with Crippen LogP contribution >= 0.6 is 50.9 Å². The van der Waals surface area contributed by atoms with E-state index in [4.69, 9.17) is 27.4 Å². The van der Waals surface area contributed by atoms with Crippen LogP contribution in [0.3, 0.4) is 0 Å². The van der Waals surface area contributed by atoms with Crippen molar-refractivity contribution in [1.29, 1.82) is 0 Å². The SMILES string of the molecule is Cc1ccc(S(=O)(=O)Oc2ccc(/C=C3\SC(=O)N(Cc4ccc(Cl)cc4Cl)C3=O)cc2Br)cc1. The van der Waals surface area contributed by atoms with Crippen molar-refractivity contribution in [2.45, 2.75) is 18.4 Å². The average Bonchev–Trinajstić information content (AvgIpc) is 3.05. The van der Waals surface area contributed by atoms with Crippen LogP contribution in [0, 0.1) is 6.92 Å². The number of hydrogen-bond acceptors (Lipinski definition) is 6. The molecule has 0 spiro atoms. The zero-order valence-electron chi connectivity index (χ0n) is 18.0. The topological polar surface area (TPSA) is 80.8 Å². The van der Waals surface area contributed by atoms with E-state index in [1.807, 2.05) is 6.92 Å². The minimum Gasteiger partial charge on any atom is -0.378 e. The number of halogens is 3. The Bertz CT molecular complexity index is 1470. The molecule has 0 aliphatic carbocycles. The van der Waals surface area contributed by atoms with Crippen molar-refractivity contribution in [1.82, 2.24) is 4.90 Å². The molecule has 180 valence electrons. The molecule has 3 aromatic rings. The molecule has 0 aromatic heterocycles. The van der Waals surface area contributed by atoms with Gasteiger partial charge < -0.3 is 4.18 Å². The van der Waals surface area contributed by atoms with Gasteiger partial charge in [0.1, 0.15) is 4.90 Å². The minimum absolute atomic E-state index is 0.0192. The number of carbonyl (C=O) groups excluding carboxylic acids is 2. The van der Waals surface area contributed by atoms with Gasteiger partial charge in [-0.25, -0.2) is 0 Å². The molecule has 2 amide bonds. The smallest absolute Gasteiger partial charge is 0.339 e. The van der Waals surface area contributed by atoms with E-state index in [-0.39, 0.29) is 22.1 Å². The molecular formula is C24H16BrCl2NO5S2. The Hall–Kier alpha value is -2.30. The monoisotopic (exact) mass is 611 g/mol. The van der Waals surface area contributed by atoms with Crippen LogP contribution < -0.4 is 4.18 Å². The number of benzene rings is 3. The second kappa shape index (κ2) is 10.4. The number of rotatable bonds is 6. The predicted molar refractivity (Wildman–Crippen MR) is 141 cm³/mol. The largest absolute Gasteiger partial charge is 0.378 e. The molecule has 0 unspecified atom stereocenters. The van der Waals surface area contributed by atoms with Gasteiger partial charge in [-0.15, -0.1) is 0 Å². The second-order valence-electron chi connectivity index (χ2n) is 7.54. The summed E-state index contributed by atoms with van der Waals surface area (Å²) in [6, 6.07) is 15.8. The molecule has 6 nitrogen and oxygen atoms in total. The van der Waals surface area contributed by atoms with E-state index in [1.54, 1.807) is 48.5 Å². The van der Waals surface area contributed by atoms with E-state index < -0.39 is 21.3 Å². The molecule has 0 radical (unpaired) electrons. The normalized spacial score (nSPS) is 15.2. The Labute approximate surface area is 225 Å². The summed E-state index contributed by atoms with van der Waals surface area (Å²) in [7, 11) is -4.02. The van der Waals surface area contributed by atoms with Gasteiger partial charge in [-0.1, -0.05) is 53.0 Å². The fraction of sp³-hybridized carbons (Fsp3) is 0.0833. The third-order valence-electron chi connectivity index (χ3n) is 4.98. The van der Waals surface area contributed by atoms with Gasteiger partial charge in [0, 0.05) is 10.0 Å². The lowest BCUT2D eigenvalue weighted by atomic mass is 10.2. The lowest BCUT2D eigenvalue weighted by Crippen LogP contribution is -2.27. The van der Waals surface area contributed by atoms with Gasteiger partial charge in [0.2, 0.25) is 0 Å². The quantitative estimate of drug-likeness (QED) is 0.219. The summed E-state index contributed by atoms with van der Waals surface area (Å²) in [6.45, 7) is 1.87. The molecule has 1 aliphatic heterocycles. The van der Waals surface area contributed by atoms with E-state index in [9.17, 15) is 18.0 Å². The molecule has 0 atom stereocenters. The van der Waals surface area contributed by atoms with Gasteiger partial charge in [0.25, 0.3) is 11.1 Å². The fourth-order valence-corrected chi connectivity index (χ4v) is 5.99. The first-order chi connectivity index (χ1) is 16.5. The van der Waals surface area contributed by atoms with Crippen molar-refractivity contribution in [3.63, 3.8) is 0 Å². The second-order valence-corrected chi connectivity index (χ2v) is 11.8. The molecule has 11 heteroatoms. The molecule has 0 N–H and O–H groups in total. The van der Waals surface area contributed by atoms with E-state index in [1.165, 1.54) is 18.2 Å². The summed E-state index contributed by atoms with van der Waals surface area (Å²) in [4.78, 5) is 26.7. The van der Waals surface area contributed by atoms with Crippen LogP contribution in [-0.2, 0) is 21.5 Å². The summed E-state index contributed by atoms with van der Waals surface area (Å²) >= 11 is 16.2. The highest BCUT2D eigenvalue weighted by atomic mass is 79.9. The molecule has 35 heavy (non-hydrogen) atoms. The van der Waals surface area contributed by atoms with Crippen LogP contribution in [0.1, 0.15) is 16.7 Å². The predicted octanol–water partition coefficient (Wildman–Crippen LogP) is 7.07. The van der Waals surface area contributed by atoms with Gasteiger partial charge >= 0.3 is 10.1 Å². The highest BCUT2D eigenvalue weighted by Crippen LogP contribution is 2.36. The van der Waals surface area contributed by atoms with Crippen LogP contribution in [0.25, 0.3) is 6.08 Å². The first-order valence-electron chi connectivity index (χ1n) is 10.0. The summed E-state index contributed by atoms with van der Waals surface area (Å²) in [5.41, 5.74) is 2.10. The van der Waals surface area contributed by atoms with Gasteiger partial charge in [0.05, 0.1) is 15.9 Å². The highest BCUT2D eigenvalue weighted by Gasteiger charge is 2.35. The fourth-order valence-electron chi connectivity index (χ4n) is 3.15. The first kappa shape index (κ1) is 25.8. The van der Waals surface area contributed by atoms with E-state index in [0.29, 0.717) is 25.6 Å². The number of nitrogens with zero attached hydrogens (tertiary/aromatic N) is 1. The lowest BCUT2D eigenvalue weighted by Gasteiger charge is -2.13. The van der Waals surface area contributed by atoms with Crippen molar-refractivity contribution < 1.29 is 22.2 Å². The lowest BCUT2D eigenvalue weighted by molar-refractivity contribution is -0.123. The molecule has 3 aromatic carbocycles. The molecular weight excluding hydrogens is 597 g/mol. The van der Waals surface area contributed by atoms with Crippen LogP contribution in [0.15, 0.2) is 74.9 Å². The average molecular weight is 613 g/mol. The minimum atomic E-state index is -4.02. The van der Waals surface area contributed by atoms with Crippen molar-refractivity contribution in [2.75, 3.05) is 0 Å². The Balaban J connectivity index is 1.52. The summed E-state index contributed by atoms with van der Waals surface area (Å²) < 4.78 is 30.8. The maximum atomic E-state index is 12.9. The van der Waals surface area contributed by atoms with Crippen LogP contribution in [0.5, 0.6) is 5.75 Å². The zero-order chi connectivity index (χ0) is 25.3. The van der Waals surface area contributed by atoms with E-state index >= 15 is 0 Å². The maximum absolute atomic E-state index is 12.9. The number of amides is 2. The highest BCUT2D eigenvalue weighted by molar-refractivity contribution is 9.10. The van der Waals surface area contributed by atoms with Crippen molar-refractivity contribution in [3.05, 3.63) is 96.8 Å². The number of aryl methyl sites for hydroxylation is 1. The van der Waals surface area contributed by atoms with Crippen LogP contribution in [0.2, 0.25) is 10.0 Å². The third kappa shape index (κ3) is 5.92. The van der Waals surface area contributed by atoms with Crippen molar-refractivity contribution >= 4 is 78.2 Å². The molecule has 4 rings (SSSR count). The molecule has 1 heterocycles. The molecule has 0 saturated carbocycles. The summed E-state index contributed by atoms with van der Waals surface area (Å²) in [6.07, 6.45) is 1.55. The first-order valence-corrected chi connectivity index (χ1v) is 13.8. The van der Waals surface area contributed by atoms with Gasteiger partial charge in [-0.3, -0.25) is 14.5 Å². The summed E-state index contributed by atoms with van der Waals surface area (Å²) in [5.74, 6) is -0.363. The number of thioether (sulfide) groups is 1. The van der Waals surface area contributed by atoms with E-state index in [2.05, 4.69) is 15.9 Å². The number of hydrogen-bond donors (Lipinski definition) is 0. The van der Waals surface area contributed by atoms with E-state index in [0.717, 1.165) is 22.2 Å². The molecule has 0 bridgehead atoms. The molecule has 1 aliphatic rings. The van der Waals surface area contributed by atoms with Crippen molar-refractivity contribution in [2.24, 2.45) is 0 Å². The Morgan fingerprint density at radius 2 is 1.74 bits per heavy atom. The Kier molecular flexibility index (Phi) is 7.63. The summed E-state index contributed by atoms with van der Waals surface area (Å²) in [5, 5.41) is 0.397. The van der Waals surface area contributed by atoms with Crippen LogP contribution in [-0.4, -0.2) is 24.5 Å². The Morgan fingerprint density at radius 1 is 1.03 bits per heavy atom.